The quantitative estimate of drug-likeness (QED) is 0.717. The van der Waals surface area contributed by atoms with E-state index in [4.69, 9.17) is 4.74 Å². The van der Waals surface area contributed by atoms with Crippen LogP contribution in [0, 0.1) is 17.6 Å². The van der Waals surface area contributed by atoms with Crippen molar-refractivity contribution < 1.29 is 18.3 Å². The Kier molecular flexibility index (Phi) is 2.66. The van der Waals surface area contributed by atoms with E-state index in [1.54, 1.807) is 0 Å². The number of rotatable bonds is 4. The molecular formula is C11H10F2O2. The summed E-state index contributed by atoms with van der Waals surface area (Å²) in [6.07, 6.45) is 2.38. The third-order valence-electron chi connectivity index (χ3n) is 2.35. The van der Waals surface area contributed by atoms with E-state index in [9.17, 15) is 13.6 Å². The fourth-order valence-corrected chi connectivity index (χ4v) is 1.26. The first-order chi connectivity index (χ1) is 7.20. The van der Waals surface area contributed by atoms with E-state index in [1.165, 1.54) is 0 Å². The molecule has 0 saturated heterocycles. The predicted molar refractivity (Wildman–Crippen MR) is 50.0 cm³/mol. The maximum absolute atomic E-state index is 13.1. The SMILES string of the molecule is O=Cc1c(F)cc(OCC2CC2)cc1F. The van der Waals surface area contributed by atoms with Crippen LogP contribution < -0.4 is 4.74 Å². The van der Waals surface area contributed by atoms with Crippen LogP contribution >= 0.6 is 0 Å². The van der Waals surface area contributed by atoms with Crippen LogP contribution in [0.1, 0.15) is 23.2 Å². The van der Waals surface area contributed by atoms with Gasteiger partial charge in [-0.05, 0) is 18.8 Å². The molecular weight excluding hydrogens is 202 g/mol. The Morgan fingerprint density at radius 2 is 1.93 bits per heavy atom. The molecule has 1 aliphatic carbocycles. The van der Waals surface area contributed by atoms with Crippen molar-refractivity contribution in [2.75, 3.05) is 6.61 Å². The third-order valence-corrected chi connectivity index (χ3v) is 2.35. The largest absolute Gasteiger partial charge is 0.493 e. The minimum absolute atomic E-state index is 0.141. The minimum atomic E-state index is -0.879. The molecule has 0 N–H and O–H groups in total. The molecule has 1 saturated carbocycles. The van der Waals surface area contributed by atoms with Gasteiger partial charge < -0.3 is 4.74 Å². The van der Waals surface area contributed by atoms with Crippen molar-refractivity contribution in [3.8, 4) is 5.75 Å². The van der Waals surface area contributed by atoms with Gasteiger partial charge in [0.25, 0.3) is 0 Å². The van der Waals surface area contributed by atoms with E-state index < -0.39 is 17.2 Å². The number of carbonyl (C=O) groups is 1. The Morgan fingerprint density at radius 3 is 2.40 bits per heavy atom. The Bertz CT molecular complexity index is 363. The second-order valence-corrected chi connectivity index (χ2v) is 3.67. The van der Waals surface area contributed by atoms with E-state index in [0.29, 0.717) is 12.5 Å². The molecule has 0 aromatic heterocycles. The van der Waals surface area contributed by atoms with Crippen molar-refractivity contribution >= 4 is 6.29 Å². The molecule has 15 heavy (non-hydrogen) atoms. The lowest BCUT2D eigenvalue weighted by Crippen LogP contribution is -2.01. The molecule has 4 heteroatoms. The molecule has 0 spiro atoms. The van der Waals surface area contributed by atoms with E-state index in [0.717, 1.165) is 25.0 Å². The normalized spacial score (nSPS) is 15.1. The van der Waals surface area contributed by atoms with Gasteiger partial charge in [-0.15, -0.1) is 0 Å². The molecule has 0 aliphatic heterocycles. The molecule has 0 radical (unpaired) electrons. The van der Waals surface area contributed by atoms with E-state index in [-0.39, 0.29) is 12.0 Å². The summed E-state index contributed by atoms with van der Waals surface area (Å²) in [4.78, 5) is 10.3. The fraction of sp³-hybridized carbons (Fsp3) is 0.364. The van der Waals surface area contributed by atoms with Gasteiger partial charge in [0, 0.05) is 12.1 Å². The first-order valence-corrected chi connectivity index (χ1v) is 4.77. The first kappa shape index (κ1) is 10.1. The molecule has 1 fully saturated rings. The summed E-state index contributed by atoms with van der Waals surface area (Å²) in [6, 6.07) is 2.07. The zero-order valence-electron chi connectivity index (χ0n) is 8.00. The number of halogens is 2. The van der Waals surface area contributed by atoms with Crippen molar-refractivity contribution in [2.24, 2.45) is 5.92 Å². The maximum atomic E-state index is 13.1. The van der Waals surface area contributed by atoms with Crippen LogP contribution in [-0.4, -0.2) is 12.9 Å². The zero-order chi connectivity index (χ0) is 10.8. The standard InChI is InChI=1S/C11H10F2O2/c12-10-3-8(15-6-7-1-2-7)4-11(13)9(10)5-14/h3-5,7H,1-2,6H2. The van der Waals surface area contributed by atoms with Crippen molar-refractivity contribution in [1.82, 2.24) is 0 Å². The van der Waals surface area contributed by atoms with Crippen LogP contribution in [0.3, 0.4) is 0 Å². The number of hydrogen-bond acceptors (Lipinski definition) is 2. The van der Waals surface area contributed by atoms with Gasteiger partial charge in [-0.1, -0.05) is 0 Å². The van der Waals surface area contributed by atoms with Crippen molar-refractivity contribution in [2.45, 2.75) is 12.8 Å². The van der Waals surface area contributed by atoms with E-state index >= 15 is 0 Å². The van der Waals surface area contributed by atoms with Crippen LogP contribution in [0.15, 0.2) is 12.1 Å². The maximum Gasteiger partial charge on any atom is 0.155 e. The average molecular weight is 212 g/mol. The summed E-state index contributed by atoms with van der Waals surface area (Å²) >= 11 is 0. The molecule has 0 heterocycles. The van der Waals surface area contributed by atoms with E-state index in [1.807, 2.05) is 0 Å². The summed E-state index contributed by atoms with van der Waals surface area (Å²) in [6.45, 7) is 0.485. The second-order valence-electron chi connectivity index (χ2n) is 3.67. The molecule has 0 bridgehead atoms. The number of aldehydes is 1. The first-order valence-electron chi connectivity index (χ1n) is 4.77. The highest BCUT2D eigenvalue weighted by Gasteiger charge is 2.22. The van der Waals surface area contributed by atoms with Gasteiger partial charge in [0.15, 0.2) is 6.29 Å². The second kappa shape index (κ2) is 3.96. The lowest BCUT2D eigenvalue weighted by molar-refractivity contribution is 0.111. The lowest BCUT2D eigenvalue weighted by atomic mass is 10.2. The Labute approximate surface area is 85.9 Å². The van der Waals surface area contributed by atoms with Crippen LogP contribution in [0.4, 0.5) is 8.78 Å². The summed E-state index contributed by atoms with van der Waals surface area (Å²) in [5.41, 5.74) is -0.547. The smallest absolute Gasteiger partial charge is 0.155 e. The predicted octanol–water partition coefficient (Wildman–Crippen LogP) is 2.57. The van der Waals surface area contributed by atoms with Crippen LogP contribution in [-0.2, 0) is 0 Å². The number of hydrogen-bond donors (Lipinski definition) is 0. The number of ether oxygens (including phenoxy) is 1. The van der Waals surface area contributed by atoms with Crippen molar-refractivity contribution in [3.63, 3.8) is 0 Å². The monoisotopic (exact) mass is 212 g/mol. The Morgan fingerprint density at radius 1 is 1.33 bits per heavy atom. The van der Waals surface area contributed by atoms with Gasteiger partial charge in [-0.3, -0.25) is 4.79 Å². The molecule has 1 aromatic carbocycles. The van der Waals surface area contributed by atoms with Gasteiger partial charge >= 0.3 is 0 Å². The van der Waals surface area contributed by atoms with Gasteiger partial charge in [0.05, 0.1) is 12.2 Å². The summed E-state index contributed by atoms with van der Waals surface area (Å²) in [5, 5.41) is 0. The molecule has 0 unspecified atom stereocenters. The molecule has 2 rings (SSSR count). The minimum Gasteiger partial charge on any atom is -0.493 e. The summed E-state index contributed by atoms with van der Waals surface area (Å²) in [7, 11) is 0. The van der Waals surface area contributed by atoms with Crippen molar-refractivity contribution in [1.29, 1.82) is 0 Å². The zero-order valence-corrected chi connectivity index (χ0v) is 8.00. The number of carbonyl (C=O) groups excluding carboxylic acids is 1. The lowest BCUT2D eigenvalue weighted by Gasteiger charge is -2.06. The Hall–Kier alpha value is -1.45. The molecule has 0 amide bonds. The average Bonchev–Trinajstić information content (AvgIpc) is 2.97. The highest BCUT2D eigenvalue weighted by Crippen LogP contribution is 2.30. The van der Waals surface area contributed by atoms with Gasteiger partial charge in [0.1, 0.15) is 17.4 Å². The van der Waals surface area contributed by atoms with Gasteiger partial charge in [-0.2, -0.15) is 0 Å². The fourth-order valence-electron chi connectivity index (χ4n) is 1.26. The Balaban J connectivity index is 2.14. The van der Waals surface area contributed by atoms with Gasteiger partial charge in [-0.25, -0.2) is 8.78 Å². The summed E-state index contributed by atoms with van der Waals surface area (Å²) in [5.74, 6) is -1.10. The van der Waals surface area contributed by atoms with Crippen LogP contribution in [0.25, 0.3) is 0 Å². The van der Waals surface area contributed by atoms with E-state index in [2.05, 4.69) is 0 Å². The highest BCUT2D eigenvalue weighted by atomic mass is 19.1. The van der Waals surface area contributed by atoms with Gasteiger partial charge in [0.2, 0.25) is 0 Å². The molecule has 0 atom stereocenters. The molecule has 2 nitrogen and oxygen atoms in total. The summed E-state index contributed by atoms with van der Waals surface area (Å²) < 4.78 is 31.4. The van der Waals surface area contributed by atoms with Crippen LogP contribution in [0.5, 0.6) is 5.75 Å². The highest BCUT2D eigenvalue weighted by molar-refractivity contribution is 5.75. The molecule has 1 aromatic rings. The van der Waals surface area contributed by atoms with Crippen LogP contribution in [0.2, 0.25) is 0 Å². The molecule has 1 aliphatic rings. The van der Waals surface area contributed by atoms with Crippen molar-refractivity contribution in [3.05, 3.63) is 29.3 Å². The number of benzene rings is 1. The topological polar surface area (TPSA) is 26.3 Å². The molecule has 80 valence electrons. The third kappa shape index (κ3) is 2.32.